The summed E-state index contributed by atoms with van der Waals surface area (Å²) in [6, 6.07) is 16.4. The van der Waals surface area contributed by atoms with E-state index in [0.29, 0.717) is 17.3 Å². The van der Waals surface area contributed by atoms with Crippen molar-refractivity contribution in [2.45, 2.75) is 45.2 Å². The summed E-state index contributed by atoms with van der Waals surface area (Å²) in [4.78, 5) is 32.8. The maximum absolute atomic E-state index is 13.3. The second kappa shape index (κ2) is 9.40. The first-order chi connectivity index (χ1) is 18.0. The standard InChI is InChI=1S/C28H25N5O3S/c1-17(33-16-29-26-23(27(33)35)20-12-6-8-14-22(20)37-26)25(34)31-30-24-19-11-5-7-13-21(19)32(28(24)36)15-18-9-3-2-4-10-18/h2-5,7,9-11,13,16-17,36H,6,8,12,14-15H2,1H3/t17-/m0/s1. The zero-order valence-electron chi connectivity index (χ0n) is 20.3. The molecule has 1 atom stereocenters. The van der Waals surface area contributed by atoms with Gasteiger partial charge in [0.05, 0.1) is 23.8 Å². The third kappa shape index (κ3) is 4.05. The van der Waals surface area contributed by atoms with Crippen LogP contribution in [0.2, 0.25) is 0 Å². The van der Waals surface area contributed by atoms with Crippen LogP contribution in [0.25, 0.3) is 21.1 Å². The van der Waals surface area contributed by atoms with Crippen LogP contribution in [0.1, 0.15) is 41.8 Å². The fourth-order valence-electron chi connectivity index (χ4n) is 5.03. The molecule has 9 heteroatoms. The van der Waals surface area contributed by atoms with Gasteiger partial charge in [-0.05, 0) is 49.8 Å². The van der Waals surface area contributed by atoms with Crippen LogP contribution < -0.4 is 5.56 Å². The van der Waals surface area contributed by atoms with Crippen molar-refractivity contribution >= 4 is 44.1 Å². The van der Waals surface area contributed by atoms with Crippen molar-refractivity contribution in [2.24, 2.45) is 10.2 Å². The van der Waals surface area contributed by atoms with Crippen LogP contribution >= 0.6 is 11.3 Å². The van der Waals surface area contributed by atoms with E-state index in [1.807, 2.05) is 54.6 Å². The van der Waals surface area contributed by atoms with Crippen molar-refractivity contribution in [3.8, 4) is 5.88 Å². The highest BCUT2D eigenvalue weighted by Crippen LogP contribution is 2.39. The number of aromatic nitrogens is 3. The summed E-state index contributed by atoms with van der Waals surface area (Å²) in [5.41, 5.74) is 2.88. The Kier molecular flexibility index (Phi) is 5.92. The van der Waals surface area contributed by atoms with Crippen LogP contribution in [0.15, 0.2) is 75.9 Å². The monoisotopic (exact) mass is 511 g/mol. The zero-order valence-corrected chi connectivity index (χ0v) is 21.1. The summed E-state index contributed by atoms with van der Waals surface area (Å²) in [5.74, 6) is -0.661. The first kappa shape index (κ1) is 23.3. The van der Waals surface area contributed by atoms with Crippen molar-refractivity contribution in [3.05, 3.63) is 87.3 Å². The lowest BCUT2D eigenvalue weighted by Crippen LogP contribution is -2.27. The number of azo groups is 1. The highest BCUT2D eigenvalue weighted by Gasteiger charge is 2.24. The Labute approximate surface area is 216 Å². The Bertz CT molecular complexity index is 1730. The summed E-state index contributed by atoms with van der Waals surface area (Å²) >= 11 is 1.57. The lowest BCUT2D eigenvalue weighted by molar-refractivity contribution is -0.121. The average molecular weight is 512 g/mol. The summed E-state index contributed by atoms with van der Waals surface area (Å²) in [6.07, 6.45) is 5.44. The van der Waals surface area contributed by atoms with E-state index in [1.165, 1.54) is 15.8 Å². The predicted octanol–water partition coefficient (Wildman–Crippen LogP) is 5.92. The molecule has 0 saturated heterocycles. The van der Waals surface area contributed by atoms with Crippen LogP contribution in [0, 0.1) is 0 Å². The van der Waals surface area contributed by atoms with Gasteiger partial charge in [0.25, 0.3) is 11.5 Å². The van der Waals surface area contributed by atoms with Gasteiger partial charge in [0.15, 0.2) is 5.69 Å². The number of fused-ring (bicyclic) bond motifs is 4. The summed E-state index contributed by atoms with van der Waals surface area (Å²) < 4.78 is 3.08. The Balaban J connectivity index is 1.33. The number of nitrogens with zero attached hydrogens (tertiary/aromatic N) is 5. The molecule has 186 valence electrons. The van der Waals surface area contributed by atoms with Gasteiger partial charge >= 0.3 is 0 Å². The minimum Gasteiger partial charge on any atom is -0.493 e. The number of hydrogen-bond acceptors (Lipinski definition) is 6. The molecular weight excluding hydrogens is 486 g/mol. The van der Waals surface area contributed by atoms with Gasteiger partial charge < -0.3 is 9.67 Å². The molecule has 0 unspecified atom stereocenters. The van der Waals surface area contributed by atoms with Crippen LogP contribution in [0.4, 0.5) is 5.69 Å². The molecule has 0 aliphatic heterocycles. The van der Waals surface area contributed by atoms with Gasteiger partial charge in [-0.25, -0.2) is 4.98 Å². The fourth-order valence-corrected chi connectivity index (χ4v) is 6.25. The van der Waals surface area contributed by atoms with E-state index < -0.39 is 11.9 Å². The lowest BCUT2D eigenvalue weighted by atomic mass is 9.97. The Morgan fingerprint density at radius 2 is 1.86 bits per heavy atom. The largest absolute Gasteiger partial charge is 0.493 e. The second-order valence-corrected chi connectivity index (χ2v) is 10.4. The summed E-state index contributed by atoms with van der Waals surface area (Å²) in [7, 11) is 0. The van der Waals surface area contributed by atoms with E-state index in [9.17, 15) is 14.7 Å². The minimum absolute atomic E-state index is 0.0700. The highest BCUT2D eigenvalue weighted by atomic mass is 32.1. The molecule has 0 bridgehead atoms. The molecule has 5 aromatic rings. The second-order valence-electron chi connectivity index (χ2n) is 9.32. The molecule has 0 spiro atoms. The Morgan fingerprint density at radius 1 is 1.11 bits per heavy atom. The molecule has 3 heterocycles. The first-order valence-electron chi connectivity index (χ1n) is 12.3. The average Bonchev–Trinajstić information content (AvgIpc) is 3.43. The Hall–Kier alpha value is -4.11. The van der Waals surface area contributed by atoms with Crippen LogP contribution in [0.3, 0.4) is 0 Å². The number of amides is 1. The van der Waals surface area contributed by atoms with Gasteiger partial charge in [-0.1, -0.05) is 48.5 Å². The summed E-state index contributed by atoms with van der Waals surface area (Å²) in [5, 5.41) is 20.4. The molecule has 1 aliphatic carbocycles. The van der Waals surface area contributed by atoms with E-state index in [-0.39, 0.29) is 17.1 Å². The molecule has 8 nitrogen and oxygen atoms in total. The maximum Gasteiger partial charge on any atom is 0.287 e. The number of rotatable bonds is 5. The molecule has 6 rings (SSSR count). The Morgan fingerprint density at radius 3 is 2.70 bits per heavy atom. The molecule has 0 saturated carbocycles. The van der Waals surface area contributed by atoms with Gasteiger partial charge in [0.1, 0.15) is 10.9 Å². The normalized spacial score (nSPS) is 14.4. The van der Waals surface area contributed by atoms with E-state index in [1.54, 1.807) is 22.8 Å². The number of para-hydroxylation sites is 1. The highest BCUT2D eigenvalue weighted by molar-refractivity contribution is 7.18. The van der Waals surface area contributed by atoms with Gasteiger partial charge in [-0.2, -0.15) is 0 Å². The predicted molar refractivity (Wildman–Crippen MR) is 144 cm³/mol. The third-order valence-corrected chi connectivity index (χ3v) is 8.22. The van der Waals surface area contributed by atoms with Gasteiger partial charge in [0.2, 0.25) is 5.88 Å². The number of carbonyl (C=O) groups is 1. The van der Waals surface area contributed by atoms with Gasteiger partial charge in [-0.15, -0.1) is 21.6 Å². The lowest BCUT2D eigenvalue weighted by Gasteiger charge is -2.12. The number of aromatic hydroxyl groups is 1. The molecule has 0 fully saturated rings. The molecule has 1 N–H and O–H groups in total. The van der Waals surface area contributed by atoms with Gasteiger partial charge in [0, 0.05) is 10.3 Å². The smallest absolute Gasteiger partial charge is 0.287 e. The molecular formula is C28H25N5O3S. The molecule has 3 aromatic heterocycles. The number of aryl methyl sites for hydroxylation is 2. The maximum atomic E-state index is 13.3. The third-order valence-electron chi connectivity index (χ3n) is 7.02. The number of carbonyl (C=O) groups excluding carboxylic acids is 1. The number of hydrogen-bond donors (Lipinski definition) is 1. The molecule has 1 aliphatic rings. The summed E-state index contributed by atoms with van der Waals surface area (Å²) in [6.45, 7) is 2.06. The quantitative estimate of drug-likeness (QED) is 0.296. The fraction of sp³-hybridized carbons (Fsp3) is 0.250. The molecule has 2 aromatic carbocycles. The molecule has 1 amide bonds. The zero-order chi connectivity index (χ0) is 25.5. The molecule has 0 radical (unpaired) electrons. The van der Waals surface area contributed by atoms with E-state index >= 15 is 0 Å². The van der Waals surface area contributed by atoms with Crippen LogP contribution in [-0.4, -0.2) is 25.1 Å². The van der Waals surface area contributed by atoms with Gasteiger partial charge in [-0.3, -0.25) is 14.2 Å². The minimum atomic E-state index is -0.882. The number of benzene rings is 2. The van der Waals surface area contributed by atoms with E-state index in [2.05, 4.69) is 15.2 Å². The topological polar surface area (TPSA) is 102 Å². The van der Waals surface area contributed by atoms with Crippen molar-refractivity contribution < 1.29 is 9.90 Å². The number of thiophene rings is 1. The van der Waals surface area contributed by atoms with Crippen molar-refractivity contribution in [1.29, 1.82) is 0 Å². The van der Waals surface area contributed by atoms with Crippen molar-refractivity contribution in [1.82, 2.24) is 14.1 Å². The molecule has 37 heavy (non-hydrogen) atoms. The first-order valence-corrected chi connectivity index (χ1v) is 13.2. The SMILES string of the molecule is C[C@@H](C(=O)N=Nc1c(O)n(Cc2ccccc2)c2ccccc12)n1cnc2sc3c(c2c1=O)CCCC3. The van der Waals surface area contributed by atoms with Crippen molar-refractivity contribution in [3.63, 3.8) is 0 Å². The van der Waals surface area contributed by atoms with Crippen LogP contribution in [-0.2, 0) is 24.2 Å². The van der Waals surface area contributed by atoms with Crippen LogP contribution in [0.5, 0.6) is 5.88 Å². The van der Waals surface area contributed by atoms with E-state index in [0.717, 1.165) is 47.2 Å². The van der Waals surface area contributed by atoms with E-state index in [4.69, 9.17) is 0 Å². The van der Waals surface area contributed by atoms with Crippen molar-refractivity contribution in [2.75, 3.05) is 0 Å².